The lowest BCUT2D eigenvalue weighted by Gasteiger charge is -2.25. The molecule has 1 aromatic carbocycles. The van der Waals surface area contributed by atoms with Gasteiger partial charge in [0, 0.05) is 19.1 Å². The molecule has 0 amide bonds. The van der Waals surface area contributed by atoms with Crippen molar-refractivity contribution in [2.45, 2.75) is 25.0 Å². The van der Waals surface area contributed by atoms with E-state index in [9.17, 15) is 5.11 Å². The maximum absolute atomic E-state index is 10.1. The Morgan fingerprint density at radius 1 is 1.38 bits per heavy atom. The highest BCUT2D eigenvalue weighted by Crippen LogP contribution is 2.21. The summed E-state index contributed by atoms with van der Waals surface area (Å²) in [6.45, 7) is 2.46. The van der Waals surface area contributed by atoms with Gasteiger partial charge in [-0.15, -0.1) is 0 Å². The van der Waals surface area contributed by atoms with Gasteiger partial charge >= 0.3 is 0 Å². The molecule has 2 atom stereocenters. The van der Waals surface area contributed by atoms with Crippen molar-refractivity contribution in [2.75, 3.05) is 19.6 Å². The van der Waals surface area contributed by atoms with Crippen LogP contribution < -0.4 is 5.73 Å². The van der Waals surface area contributed by atoms with E-state index in [1.54, 1.807) is 0 Å². The van der Waals surface area contributed by atoms with Gasteiger partial charge in [0.15, 0.2) is 0 Å². The number of aliphatic hydroxyl groups excluding tert-OH is 1. The monoisotopic (exact) mass is 220 g/mol. The van der Waals surface area contributed by atoms with Crippen LogP contribution in [0.1, 0.15) is 24.5 Å². The second-order valence-electron chi connectivity index (χ2n) is 4.45. The Labute approximate surface area is 96.9 Å². The number of nitrogens with two attached hydrogens (primary N) is 1. The predicted molar refractivity (Wildman–Crippen MR) is 65.1 cm³/mol. The van der Waals surface area contributed by atoms with Crippen LogP contribution in [0.5, 0.6) is 0 Å². The van der Waals surface area contributed by atoms with Gasteiger partial charge in [0.1, 0.15) is 0 Å². The zero-order valence-electron chi connectivity index (χ0n) is 9.55. The third kappa shape index (κ3) is 2.61. The maximum Gasteiger partial charge on any atom is 0.0917 e. The van der Waals surface area contributed by atoms with Crippen molar-refractivity contribution < 1.29 is 5.11 Å². The minimum Gasteiger partial charge on any atom is -0.387 e. The van der Waals surface area contributed by atoms with Gasteiger partial charge in [-0.1, -0.05) is 30.3 Å². The van der Waals surface area contributed by atoms with E-state index >= 15 is 0 Å². The topological polar surface area (TPSA) is 49.5 Å². The zero-order chi connectivity index (χ0) is 11.4. The molecule has 1 heterocycles. The van der Waals surface area contributed by atoms with Crippen LogP contribution >= 0.6 is 0 Å². The lowest BCUT2D eigenvalue weighted by atomic mass is 10.1. The van der Waals surface area contributed by atoms with Crippen LogP contribution in [0.2, 0.25) is 0 Å². The molecule has 16 heavy (non-hydrogen) atoms. The highest BCUT2D eigenvalue weighted by atomic mass is 16.3. The van der Waals surface area contributed by atoms with Gasteiger partial charge in [-0.3, -0.25) is 4.90 Å². The van der Waals surface area contributed by atoms with E-state index in [1.165, 1.54) is 6.42 Å². The molecule has 1 fully saturated rings. The summed E-state index contributed by atoms with van der Waals surface area (Å²) in [5.74, 6) is 0. The summed E-state index contributed by atoms with van der Waals surface area (Å²) in [5, 5.41) is 10.1. The van der Waals surface area contributed by atoms with Crippen molar-refractivity contribution in [3.63, 3.8) is 0 Å². The van der Waals surface area contributed by atoms with Gasteiger partial charge in [-0.2, -0.15) is 0 Å². The van der Waals surface area contributed by atoms with Gasteiger partial charge in [0.25, 0.3) is 0 Å². The van der Waals surface area contributed by atoms with Crippen molar-refractivity contribution in [2.24, 2.45) is 5.73 Å². The smallest absolute Gasteiger partial charge is 0.0917 e. The van der Waals surface area contributed by atoms with Crippen molar-refractivity contribution in [3.05, 3.63) is 35.9 Å². The fraction of sp³-hybridized carbons (Fsp3) is 0.538. The molecule has 0 radical (unpaired) electrons. The molecule has 1 aliphatic rings. The SMILES string of the molecule is NCC1CCCN1CC(O)c1ccccc1. The largest absolute Gasteiger partial charge is 0.387 e. The first kappa shape index (κ1) is 11.6. The molecule has 0 spiro atoms. The molecule has 0 aliphatic carbocycles. The summed E-state index contributed by atoms with van der Waals surface area (Å²) in [6.07, 6.45) is 1.97. The number of hydrogen-bond acceptors (Lipinski definition) is 3. The molecular formula is C13H20N2O. The first-order valence-electron chi connectivity index (χ1n) is 5.98. The molecule has 1 saturated heterocycles. The minimum atomic E-state index is -0.395. The van der Waals surface area contributed by atoms with E-state index < -0.39 is 6.10 Å². The Hall–Kier alpha value is -0.900. The Kier molecular flexibility index (Phi) is 3.93. The molecule has 2 unspecified atom stereocenters. The van der Waals surface area contributed by atoms with E-state index in [0.29, 0.717) is 19.1 Å². The van der Waals surface area contributed by atoms with Crippen molar-refractivity contribution >= 4 is 0 Å². The summed E-state index contributed by atoms with van der Waals surface area (Å²) in [5.41, 5.74) is 6.71. The molecule has 3 heteroatoms. The summed E-state index contributed by atoms with van der Waals surface area (Å²) < 4.78 is 0. The molecule has 88 valence electrons. The first-order valence-corrected chi connectivity index (χ1v) is 5.98. The highest BCUT2D eigenvalue weighted by Gasteiger charge is 2.25. The number of hydrogen-bond donors (Lipinski definition) is 2. The van der Waals surface area contributed by atoms with E-state index in [-0.39, 0.29) is 0 Å². The Balaban J connectivity index is 1.94. The van der Waals surface area contributed by atoms with Gasteiger partial charge in [0.05, 0.1) is 6.10 Å². The lowest BCUT2D eigenvalue weighted by Crippen LogP contribution is -2.38. The molecule has 3 nitrogen and oxygen atoms in total. The van der Waals surface area contributed by atoms with Crippen molar-refractivity contribution in [1.29, 1.82) is 0 Å². The Morgan fingerprint density at radius 2 is 2.12 bits per heavy atom. The second kappa shape index (κ2) is 5.43. The predicted octanol–water partition coefficient (Wildman–Crippen LogP) is 1.14. The van der Waals surface area contributed by atoms with Gasteiger partial charge < -0.3 is 10.8 Å². The maximum atomic E-state index is 10.1. The number of rotatable bonds is 4. The first-order chi connectivity index (χ1) is 7.81. The van der Waals surface area contributed by atoms with Crippen LogP contribution in [0.3, 0.4) is 0 Å². The summed E-state index contributed by atoms with van der Waals surface area (Å²) in [7, 11) is 0. The number of β-amino-alcohol motifs (C(OH)–C–C–N with tert-alkyl or cyclic N) is 1. The van der Waals surface area contributed by atoms with E-state index in [4.69, 9.17) is 5.73 Å². The Bertz CT molecular complexity index is 315. The Morgan fingerprint density at radius 3 is 2.81 bits per heavy atom. The van der Waals surface area contributed by atoms with Crippen LogP contribution in [0.15, 0.2) is 30.3 Å². The van der Waals surface area contributed by atoms with Gasteiger partial charge in [0.2, 0.25) is 0 Å². The van der Waals surface area contributed by atoms with Crippen LogP contribution in [0.25, 0.3) is 0 Å². The third-order valence-corrected chi connectivity index (χ3v) is 3.36. The molecule has 3 N–H and O–H groups in total. The van der Waals surface area contributed by atoms with E-state index in [1.807, 2.05) is 30.3 Å². The molecule has 1 aliphatic heterocycles. The second-order valence-corrected chi connectivity index (χ2v) is 4.45. The minimum absolute atomic E-state index is 0.395. The quantitative estimate of drug-likeness (QED) is 0.800. The fourth-order valence-corrected chi connectivity index (χ4v) is 2.41. The molecular weight excluding hydrogens is 200 g/mol. The number of likely N-dealkylation sites (tertiary alicyclic amines) is 1. The normalized spacial score (nSPS) is 23.5. The summed E-state index contributed by atoms with van der Waals surface area (Å²) >= 11 is 0. The van der Waals surface area contributed by atoms with E-state index in [2.05, 4.69) is 4.90 Å². The van der Waals surface area contributed by atoms with Crippen molar-refractivity contribution in [1.82, 2.24) is 4.90 Å². The standard InChI is InChI=1S/C13H20N2O/c14-9-12-7-4-8-15(12)10-13(16)11-5-2-1-3-6-11/h1-3,5-6,12-13,16H,4,7-10,14H2. The highest BCUT2D eigenvalue weighted by molar-refractivity contribution is 5.17. The molecule has 1 aromatic rings. The average Bonchev–Trinajstić information content (AvgIpc) is 2.77. The summed E-state index contributed by atoms with van der Waals surface area (Å²) in [4.78, 5) is 2.30. The van der Waals surface area contributed by atoms with Gasteiger partial charge in [-0.05, 0) is 24.9 Å². The number of nitrogens with zero attached hydrogens (tertiary/aromatic N) is 1. The zero-order valence-corrected chi connectivity index (χ0v) is 9.55. The third-order valence-electron chi connectivity index (χ3n) is 3.36. The fourth-order valence-electron chi connectivity index (χ4n) is 2.41. The van der Waals surface area contributed by atoms with Crippen LogP contribution in [-0.2, 0) is 0 Å². The van der Waals surface area contributed by atoms with Gasteiger partial charge in [-0.25, -0.2) is 0 Å². The number of benzene rings is 1. The van der Waals surface area contributed by atoms with Crippen molar-refractivity contribution in [3.8, 4) is 0 Å². The van der Waals surface area contributed by atoms with Crippen LogP contribution in [-0.4, -0.2) is 35.7 Å². The molecule has 0 saturated carbocycles. The van der Waals surface area contributed by atoms with Crippen LogP contribution in [0, 0.1) is 0 Å². The molecule has 0 aromatic heterocycles. The lowest BCUT2D eigenvalue weighted by molar-refractivity contribution is 0.108. The molecule has 2 rings (SSSR count). The van der Waals surface area contributed by atoms with Crippen LogP contribution in [0.4, 0.5) is 0 Å². The average molecular weight is 220 g/mol. The van der Waals surface area contributed by atoms with E-state index in [0.717, 1.165) is 18.5 Å². The number of aliphatic hydroxyl groups is 1. The summed E-state index contributed by atoms with van der Waals surface area (Å²) in [6, 6.07) is 10.3. The molecule has 0 bridgehead atoms.